The molecule has 0 amide bonds. The van der Waals surface area contributed by atoms with Crippen molar-refractivity contribution < 1.29 is 0 Å². The molecule has 0 fully saturated rings. The Morgan fingerprint density at radius 1 is 1.10 bits per heavy atom. The Morgan fingerprint density at radius 3 is 2.29 bits per heavy atom. The van der Waals surface area contributed by atoms with Crippen LogP contribution in [0.1, 0.15) is 29.7 Å². The first-order valence-electron chi connectivity index (χ1n) is 7.02. The second kappa shape index (κ2) is 7.92. The number of hydrogen-bond acceptors (Lipinski definition) is 4. The molecule has 1 N–H and O–H groups in total. The van der Waals surface area contributed by atoms with Crippen molar-refractivity contribution in [3.8, 4) is 0 Å². The third kappa shape index (κ3) is 4.80. The minimum atomic E-state index is 0.796. The highest BCUT2D eigenvalue weighted by molar-refractivity contribution is 9.10. The van der Waals surface area contributed by atoms with Gasteiger partial charge in [-0.3, -0.25) is 0 Å². The van der Waals surface area contributed by atoms with Gasteiger partial charge in [0.25, 0.3) is 0 Å². The summed E-state index contributed by atoms with van der Waals surface area (Å²) in [6.45, 7) is 8.04. The molecular weight excluding hydrogens is 346 g/mol. The number of rotatable bonds is 6. The number of nitrogens with zero attached hydrogens (tertiary/aromatic N) is 2. The molecule has 0 saturated carbocycles. The molecule has 0 unspecified atom stereocenters. The van der Waals surface area contributed by atoms with E-state index in [1.165, 1.54) is 10.5 Å². The summed E-state index contributed by atoms with van der Waals surface area (Å²) in [5, 5.41) is 3.34. The molecule has 3 nitrogen and oxygen atoms in total. The van der Waals surface area contributed by atoms with Gasteiger partial charge in [0.2, 0.25) is 0 Å². The quantitative estimate of drug-likeness (QED) is 0.776. The third-order valence-corrected chi connectivity index (χ3v) is 4.74. The molecule has 0 aliphatic heterocycles. The van der Waals surface area contributed by atoms with Crippen molar-refractivity contribution in [1.29, 1.82) is 0 Å². The molecule has 0 bridgehead atoms. The van der Waals surface area contributed by atoms with E-state index < -0.39 is 0 Å². The predicted octanol–water partition coefficient (Wildman–Crippen LogP) is 4.26. The molecule has 0 aliphatic rings. The molecule has 1 aromatic carbocycles. The second-order valence-electron chi connectivity index (χ2n) is 4.81. The number of halogens is 1. The molecule has 112 valence electrons. The van der Waals surface area contributed by atoms with E-state index in [-0.39, 0.29) is 0 Å². The topological polar surface area (TPSA) is 37.8 Å². The summed E-state index contributed by atoms with van der Waals surface area (Å²) in [6, 6.07) is 8.32. The molecule has 0 radical (unpaired) electrons. The molecule has 1 heterocycles. The van der Waals surface area contributed by atoms with Crippen molar-refractivity contribution in [2.24, 2.45) is 0 Å². The van der Waals surface area contributed by atoms with Gasteiger partial charge in [-0.15, -0.1) is 11.8 Å². The first kappa shape index (κ1) is 16.5. The largest absolute Gasteiger partial charge is 0.313 e. The standard InChI is InChI=1S/C16H20BrN3S/c1-4-18-9-15-11(2)19-16(20-12(15)3)10-21-14-7-5-13(17)6-8-14/h5-8,18H,4,9-10H2,1-3H3. The fraction of sp³-hybridized carbons (Fsp3) is 0.375. The van der Waals surface area contributed by atoms with Gasteiger partial charge >= 0.3 is 0 Å². The molecule has 0 aliphatic carbocycles. The lowest BCUT2D eigenvalue weighted by atomic mass is 10.1. The lowest BCUT2D eigenvalue weighted by Gasteiger charge is -2.11. The summed E-state index contributed by atoms with van der Waals surface area (Å²) in [7, 11) is 0. The van der Waals surface area contributed by atoms with Gasteiger partial charge in [-0.2, -0.15) is 0 Å². The van der Waals surface area contributed by atoms with Gasteiger partial charge in [0.05, 0.1) is 5.75 Å². The lowest BCUT2D eigenvalue weighted by molar-refractivity contribution is 0.707. The van der Waals surface area contributed by atoms with Gasteiger partial charge in [-0.05, 0) is 44.7 Å². The minimum absolute atomic E-state index is 0.796. The van der Waals surface area contributed by atoms with E-state index in [9.17, 15) is 0 Å². The molecule has 5 heteroatoms. The first-order valence-corrected chi connectivity index (χ1v) is 8.80. The number of aromatic nitrogens is 2. The number of aryl methyl sites for hydroxylation is 2. The highest BCUT2D eigenvalue weighted by Gasteiger charge is 2.08. The number of thioether (sulfide) groups is 1. The minimum Gasteiger partial charge on any atom is -0.313 e. The average Bonchev–Trinajstić information content (AvgIpc) is 2.46. The molecular formula is C16H20BrN3S. The van der Waals surface area contributed by atoms with Crippen LogP contribution in [-0.4, -0.2) is 16.5 Å². The van der Waals surface area contributed by atoms with Crippen LogP contribution in [0.25, 0.3) is 0 Å². The highest BCUT2D eigenvalue weighted by Crippen LogP contribution is 2.24. The highest BCUT2D eigenvalue weighted by atomic mass is 79.9. The maximum atomic E-state index is 4.64. The van der Waals surface area contributed by atoms with E-state index in [4.69, 9.17) is 0 Å². The van der Waals surface area contributed by atoms with Crippen molar-refractivity contribution in [3.63, 3.8) is 0 Å². The Hall–Kier alpha value is -0.910. The Balaban J connectivity index is 2.05. The van der Waals surface area contributed by atoms with Crippen LogP contribution in [0.4, 0.5) is 0 Å². The zero-order valence-electron chi connectivity index (χ0n) is 12.6. The Morgan fingerprint density at radius 2 is 1.71 bits per heavy atom. The maximum absolute atomic E-state index is 4.64. The second-order valence-corrected chi connectivity index (χ2v) is 6.78. The van der Waals surface area contributed by atoms with Gasteiger partial charge < -0.3 is 5.32 Å². The van der Waals surface area contributed by atoms with E-state index in [0.29, 0.717) is 0 Å². The van der Waals surface area contributed by atoms with Crippen LogP contribution in [0.15, 0.2) is 33.6 Å². The van der Waals surface area contributed by atoms with Gasteiger partial charge in [-0.1, -0.05) is 22.9 Å². The average molecular weight is 366 g/mol. The maximum Gasteiger partial charge on any atom is 0.139 e. The summed E-state index contributed by atoms with van der Waals surface area (Å²) in [4.78, 5) is 10.5. The first-order chi connectivity index (χ1) is 10.1. The zero-order chi connectivity index (χ0) is 15.2. The van der Waals surface area contributed by atoms with Crippen molar-refractivity contribution in [1.82, 2.24) is 15.3 Å². The Bertz CT molecular complexity index is 576. The summed E-state index contributed by atoms with van der Waals surface area (Å²) < 4.78 is 1.10. The SMILES string of the molecule is CCNCc1c(C)nc(CSc2ccc(Br)cc2)nc1C. The van der Waals surface area contributed by atoms with E-state index in [1.54, 1.807) is 11.8 Å². The molecule has 0 atom stereocenters. The monoisotopic (exact) mass is 365 g/mol. The van der Waals surface area contributed by atoms with Crippen LogP contribution in [-0.2, 0) is 12.3 Å². The normalized spacial score (nSPS) is 10.9. The third-order valence-electron chi connectivity index (χ3n) is 3.20. The lowest BCUT2D eigenvalue weighted by Crippen LogP contribution is -2.16. The predicted molar refractivity (Wildman–Crippen MR) is 92.6 cm³/mol. The van der Waals surface area contributed by atoms with Crippen molar-refractivity contribution in [2.45, 2.75) is 38.0 Å². The van der Waals surface area contributed by atoms with Crippen molar-refractivity contribution in [2.75, 3.05) is 6.54 Å². The molecule has 1 aromatic heterocycles. The van der Waals surface area contributed by atoms with E-state index in [1.807, 2.05) is 0 Å². The zero-order valence-corrected chi connectivity index (χ0v) is 15.0. The summed E-state index contributed by atoms with van der Waals surface area (Å²) in [6.07, 6.45) is 0. The fourth-order valence-corrected chi connectivity index (χ4v) is 3.08. The van der Waals surface area contributed by atoms with Crippen molar-refractivity contribution in [3.05, 3.63) is 51.5 Å². The molecule has 21 heavy (non-hydrogen) atoms. The van der Waals surface area contributed by atoms with Crippen LogP contribution < -0.4 is 5.32 Å². The molecule has 0 spiro atoms. The summed E-state index contributed by atoms with van der Waals surface area (Å²) in [5.41, 5.74) is 3.37. The molecule has 2 aromatic rings. The molecule has 2 rings (SSSR count). The van der Waals surface area contributed by atoms with Crippen LogP contribution in [0.2, 0.25) is 0 Å². The Kier molecular flexibility index (Phi) is 6.21. The number of benzene rings is 1. The van der Waals surface area contributed by atoms with Gasteiger partial charge in [0.1, 0.15) is 5.82 Å². The van der Waals surface area contributed by atoms with Crippen LogP contribution in [0.5, 0.6) is 0 Å². The van der Waals surface area contributed by atoms with E-state index >= 15 is 0 Å². The van der Waals surface area contributed by atoms with Crippen LogP contribution >= 0.6 is 27.7 Å². The Labute approximate surface area is 139 Å². The van der Waals surface area contributed by atoms with E-state index in [0.717, 1.165) is 40.5 Å². The summed E-state index contributed by atoms with van der Waals surface area (Å²) >= 11 is 5.21. The van der Waals surface area contributed by atoms with Crippen LogP contribution in [0.3, 0.4) is 0 Å². The van der Waals surface area contributed by atoms with Gasteiger partial charge in [0, 0.05) is 32.9 Å². The van der Waals surface area contributed by atoms with Gasteiger partial charge in [0.15, 0.2) is 0 Å². The van der Waals surface area contributed by atoms with Crippen LogP contribution in [0, 0.1) is 13.8 Å². The van der Waals surface area contributed by atoms with Crippen molar-refractivity contribution >= 4 is 27.7 Å². The molecule has 0 saturated heterocycles. The fourth-order valence-electron chi connectivity index (χ4n) is 2.06. The number of nitrogens with one attached hydrogen (secondary N) is 1. The summed E-state index contributed by atoms with van der Waals surface area (Å²) in [5.74, 6) is 1.70. The van der Waals surface area contributed by atoms with E-state index in [2.05, 4.69) is 76.3 Å². The smallest absolute Gasteiger partial charge is 0.139 e. The number of hydrogen-bond donors (Lipinski definition) is 1. The van der Waals surface area contributed by atoms with Gasteiger partial charge in [-0.25, -0.2) is 9.97 Å².